The average Bonchev–Trinajstić information content (AvgIpc) is 3.06. The van der Waals surface area contributed by atoms with E-state index in [0.29, 0.717) is 12.5 Å². The number of hydrogen-bond acceptors (Lipinski definition) is 4. The Labute approximate surface area is 128 Å². The van der Waals surface area contributed by atoms with Crippen LogP contribution >= 0.6 is 11.8 Å². The first-order chi connectivity index (χ1) is 10.2. The summed E-state index contributed by atoms with van der Waals surface area (Å²) in [4.78, 5) is 17.4. The van der Waals surface area contributed by atoms with E-state index in [9.17, 15) is 4.79 Å². The van der Waals surface area contributed by atoms with E-state index in [1.54, 1.807) is 18.0 Å². The summed E-state index contributed by atoms with van der Waals surface area (Å²) in [5, 5.41) is 0. The predicted molar refractivity (Wildman–Crippen MR) is 82.2 cm³/mol. The van der Waals surface area contributed by atoms with Crippen LogP contribution in [0, 0.1) is 0 Å². The maximum absolute atomic E-state index is 12.0. The van der Waals surface area contributed by atoms with Crippen LogP contribution in [0.3, 0.4) is 0 Å². The quantitative estimate of drug-likeness (QED) is 0.625. The molecule has 3 rings (SSSR count). The van der Waals surface area contributed by atoms with Gasteiger partial charge in [-0.2, -0.15) is 0 Å². The standard InChI is InChI=1S/C16H18N2O2S/c1-12-11-14(16-17-8-9-18(12)16)20-15(19)7-10-21-13-5-3-2-4-6-13/h2-6,8-9,12,14H,7,10-11H2,1H3/t12-,14+/m0/s1. The van der Waals surface area contributed by atoms with Crippen molar-refractivity contribution in [3.05, 3.63) is 48.5 Å². The minimum absolute atomic E-state index is 0.146. The van der Waals surface area contributed by atoms with Gasteiger partial charge in [-0.3, -0.25) is 4.79 Å². The number of thioether (sulfide) groups is 1. The number of fused-ring (bicyclic) bond motifs is 1. The Morgan fingerprint density at radius 2 is 2.24 bits per heavy atom. The number of nitrogens with zero attached hydrogens (tertiary/aromatic N) is 2. The molecule has 1 aromatic carbocycles. The molecule has 0 amide bonds. The van der Waals surface area contributed by atoms with E-state index in [0.717, 1.165) is 18.0 Å². The molecule has 0 N–H and O–H groups in total. The topological polar surface area (TPSA) is 44.1 Å². The van der Waals surface area contributed by atoms with Crippen LogP contribution < -0.4 is 0 Å². The van der Waals surface area contributed by atoms with Crippen LogP contribution in [0.5, 0.6) is 0 Å². The third-order valence-corrected chi connectivity index (χ3v) is 4.62. The Hall–Kier alpha value is -1.75. The molecule has 0 bridgehead atoms. The first kappa shape index (κ1) is 14.2. The average molecular weight is 302 g/mol. The molecule has 1 aliphatic heterocycles. The SMILES string of the molecule is C[C@H]1C[C@@H](OC(=O)CCSc2ccccc2)c2nccn21. The zero-order valence-corrected chi connectivity index (χ0v) is 12.8. The zero-order chi connectivity index (χ0) is 14.7. The highest BCUT2D eigenvalue weighted by Gasteiger charge is 2.31. The van der Waals surface area contributed by atoms with Gasteiger partial charge < -0.3 is 9.30 Å². The molecule has 2 atom stereocenters. The molecular weight excluding hydrogens is 284 g/mol. The molecule has 0 aliphatic carbocycles. The Balaban J connectivity index is 1.47. The lowest BCUT2D eigenvalue weighted by Crippen LogP contribution is -2.10. The lowest BCUT2D eigenvalue weighted by molar-refractivity contribution is -0.149. The third kappa shape index (κ3) is 3.29. The van der Waals surface area contributed by atoms with Gasteiger partial charge in [-0.25, -0.2) is 4.98 Å². The van der Waals surface area contributed by atoms with Gasteiger partial charge in [-0.15, -0.1) is 11.8 Å². The van der Waals surface area contributed by atoms with Crippen molar-refractivity contribution in [1.29, 1.82) is 0 Å². The minimum atomic E-state index is -0.191. The molecule has 0 fully saturated rings. The van der Waals surface area contributed by atoms with Gasteiger partial charge in [0.2, 0.25) is 0 Å². The molecule has 2 heterocycles. The third-order valence-electron chi connectivity index (χ3n) is 3.61. The van der Waals surface area contributed by atoms with E-state index in [1.165, 1.54) is 4.90 Å². The van der Waals surface area contributed by atoms with Crippen LogP contribution in [0.25, 0.3) is 0 Å². The minimum Gasteiger partial charge on any atom is -0.454 e. The molecule has 5 heteroatoms. The van der Waals surface area contributed by atoms with Gasteiger partial charge in [0.05, 0.1) is 6.42 Å². The van der Waals surface area contributed by atoms with Crippen LogP contribution in [0.4, 0.5) is 0 Å². The number of carbonyl (C=O) groups is 1. The molecule has 0 radical (unpaired) electrons. The Morgan fingerprint density at radius 1 is 1.43 bits per heavy atom. The van der Waals surface area contributed by atoms with Crippen LogP contribution in [0.1, 0.15) is 37.7 Å². The summed E-state index contributed by atoms with van der Waals surface area (Å²) < 4.78 is 7.65. The highest BCUT2D eigenvalue weighted by molar-refractivity contribution is 7.99. The van der Waals surface area contributed by atoms with Gasteiger partial charge in [-0.1, -0.05) is 18.2 Å². The summed E-state index contributed by atoms with van der Waals surface area (Å²) in [5.41, 5.74) is 0. The van der Waals surface area contributed by atoms with E-state index >= 15 is 0 Å². The van der Waals surface area contributed by atoms with Crippen molar-refractivity contribution in [2.75, 3.05) is 5.75 Å². The van der Waals surface area contributed by atoms with Crippen molar-refractivity contribution in [2.45, 2.75) is 36.8 Å². The first-order valence-corrected chi connectivity index (χ1v) is 8.12. The van der Waals surface area contributed by atoms with E-state index in [-0.39, 0.29) is 12.1 Å². The molecule has 0 unspecified atom stereocenters. The summed E-state index contributed by atoms with van der Waals surface area (Å²) in [6.45, 7) is 2.12. The summed E-state index contributed by atoms with van der Waals surface area (Å²) in [7, 11) is 0. The molecule has 1 aliphatic rings. The monoisotopic (exact) mass is 302 g/mol. The van der Waals surface area contributed by atoms with Gasteiger partial charge in [0.1, 0.15) is 5.82 Å². The van der Waals surface area contributed by atoms with Gasteiger partial charge in [0.25, 0.3) is 0 Å². The van der Waals surface area contributed by atoms with E-state index < -0.39 is 0 Å². The Kier molecular flexibility index (Phi) is 4.29. The lowest BCUT2D eigenvalue weighted by atomic mass is 10.2. The number of ether oxygens (including phenoxy) is 1. The van der Waals surface area contributed by atoms with Crippen LogP contribution in [0.2, 0.25) is 0 Å². The van der Waals surface area contributed by atoms with Crippen LogP contribution in [0.15, 0.2) is 47.6 Å². The number of esters is 1. The van der Waals surface area contributed by atoms with Crippen LogP contribution in [-0.2, 0) is 9.53 Å². The summed E-state index contributed by atoms with van der Waals surface area (Å²) in [6, 6.07) is 10.4. The van der Waals surface area contributed by atoms with E-state index in [1.807, 2.05) is 36.5 Å². The second-order valence-corrected chi connectivity index (χ2v) is 6.34. The molecule has 21 heavy (non-hydrogen) atoms. The fraction of sp³-hybridized carbons (Fsp3) is 0.375. The summed E-state index contributed by atoms with van der Waals surface area (Å²) in [5.74, 6) is 1.46. The second kappa shape index (κ2) is 6.35. The predicted octanol–water partition coefficient (Wildman–Crippen LogP) is 3.61. The van der Waals surface area contributed by atoms with Gasteiger partial charge in [0, 0.05) is 35.5 Å². The second-order valence-electron chi connectivity index (χ2n) is 5.17. The number of imidazole rings is 1. The maximum Gasteiger partial charge on any atom is 0.307 e. The van der Waals surface area contributed by atoms with E-state index in [2.05, 4.69) is 16.5 Å². The fourth-order valence-corrected chi connectivity index (χ4v) is 3.42. The Morgan fingerprint density at radius 3 is 3.05 bits per heavy atom. The maximum atomic E-state index is 12.0. The molecule has 0 spiro atoms. The smallest absolute Gasteiger partial charge is 0.307 e. The first-order valence-electron chi connectivity index (χ1n) is 7.14. The molecular formula is C16H18N2O2S. The number of rotatable bonds is 5. The lowest BCUT2D eigenvalue weighted by Gasteiger charge is -2.11. The zero-order valence-electron chi connectivity index (χ0n) is 11.9. The normalized spacial score (nSPS) is 20.2. The number of hydrogen-bond donors (Lipinski definition) is 0. The molecule has 4 nitrogen and oxygen atoms in total. The highest BCUT2D eigenvalue weighted by Crippen LogP contribution is 2.35. The molecule has 0 saturated heterocycles. The number of carbonyl (C=O) groups excluding carboxylic acids is 1. The molecule has 1 aromatic heterocycles. The van der Waals surface area contributed by atoms with Crippen molar-refractivity contribution in [3.63, 3.8) is 0 Å². The molecule has 2 aromatic rings. The van der Waals surface area contributed by atoms with E-state index in [4.69, 9.17) is 4.74 Å². The number of benzene rings is 1. The van der Waals surface area contributed by atoms with Crippen molar-refractivity contribution < 1.29 is 9.53 Å². The highest BCUT2D eigenvalue weighted by atomic mass is 32.2. The summed E-state index contributed by atoms with van der Waals surface area (Å²) in [6.07, 6.45) is 4.76. The molecule has 0 saturated carbocycles. The van der Waals surface area contributed by atoms with Crippen LogP contribution in [-0.4, -0.2) is 21.3 Å². The Bertz CT molecular complexity index is 612. The fourth-order valence-electron chi connectivity index (χ4n) is 2.56. The van der Waals surface area contributed by atoms with Crippen molar-refractivity contribution in [3.8, 4) is 0 Å². The van der Waals surface area contributed by atoms with Gasteiger partial charge in [0.15, 0.2) is 6.10 Å². The van der Waals surface area contributed by atoms with Crippen molar-refractivity contribution in [2.24, 2.45) is 0 Å². The largest absolute Gasteiger partial charge is 0.454 e. The van der Waals surface area contributed by atoms with Gasteiger partial charge in [-0.05, 0) is 19.1 Å². The molecule has 110 valence electrons. The van der Waals surface area contributed by atoms with Crippen molar-refractivity contribution in [1.82, 2.24) is 9.55 Å². The number of aromatic nitrogens is 2. The van der Waals surface area contributed by atoms with Crippen molar-refractivity contribution >= 4 is 17.7 Å². The van der Waals surface area contributed by atoms with Gasteiger partial charge >= 0.3 is 5.97 Å². The summed E-state index contributed by atoms with van der Waals surface area (Å²) >= 11 is 1.67.